The van der Waals surface area contributed by atoms with Gasteiger partial charge in [0, 0.05) is 18.0 Å². The Kier molecular flexibility index (Phi) is 4.23. The van der Waals surface area contributed by atoms with Gasteiger partial charge in [0.2, 0.25) is 0 Å². The Morgan fingerprint density at radius 2 is 2.47 bits per heavy atom. The summed E-state index contributed by atoms with van der Waals surface area (Å²) in [4.78, 5) is 1.35. The molecule has 1 aliphatic rings. The fourth-order valence-corrected chi connectivity index (χ4v) is 2.99. The number of hydrogen-bond donors (Lipinski definition) is 1. The van der Waals surface area contributed by atoms with Gasteiger partial charge < -0.3 is 10.1 Å². The van der Waals surface area contributed by atoms with E-state index in [4.69, 9.17) is 4.74 Å². The largest absolute Gasteiger partial charge is 0.497 e. The summed E-state index contributed by atoms with van der Waals surface area (Å²) in [6.07, 6.45) is 6.50. The van der Waals surface area contributed by atoms with Crippen molar-refractivity contribution in [2.24, 2.45) is 0 Å². The van der Waals surface area contributed by atoms with Gasteiger partial charge in [-0.25, -0.2) is 0 Å². The molecule has 0 radical (unpaired) electrons. The first-order chi connectivity index (χ1) is 7.34. The van der Waals surface area contributed by atoms with Crippen molar-refractivity contribution in [3.05, 3.63) is 33.1 Å². The predicted molar refractivity (Wildman–Crippen MR) is 67.0 cm³/mol. The zero-order valence-electron chi connectivity index (χ0n) is 8.41. The Bertz CT molecular complexity index is 337. The smallest absolute Gasteiger partial charge is 0.110 e. The zero-order valence-corrected chi connectivity index (χ0v) is 10.8. The summed E-state index contributed by atoms with van der Waals surface area (Å²) in [6, 6.07) is 4.23. The standard InChI is InChI=1S/C11H14BrNOS/c12-11-5-4-10(15-11)8-13-7-9-3-1-2-6-14-9/h2,4-6,9,13H,1,3,7-8H2. The molecular weight excluding hydrogens is 274 g/mol. The Morgan fingerprint density at radius 1 is 1.53 bits per heavy atom. The van der Waals surface area contributed by atoms with Crippen molar-refractivity contribution in [3.63, 3.8) is 0 Å². The number of rotatable bonds is 4. The van der Waals surface area contributed by atoms with E-state index in [-0.39, 0.29) is 0 Å². The average Bonchev–Trinajstić information content (AvgIpc) is 2.66. The minimum atomic E-state index is 0.346. The van der Waals surface area contributed by atoms with Gasteiger partial charge in [0.25, 0.3) is 0 Å². The molecule has 0 aromatic carbocycles. The van der Waals surface area contributed by atoms with Gasteiger partial charge in [-0.05, 0) is 47.0 Å². The van der Waals surface area contributed by atoms with Gasteiger partial charge in [0.15, 0.2) is 0 Å². The molecule has 4 heteroatoms. The number of hydrogen-bond acceptors (Lipinski definition) is 3. The summed E-state index contributed by atoms with van der Waals surface area (Å²) < 4.78 is 6.66. The maximum atomic E-state index is 5.47. The lowest BCUT2D eigenvalue weighted by atomic mass is 10.1. The zero-order chi connectivity index (χ0) is 10.5. The van der Waals surface area contributed by atoms with Crippen molar-refractivity contribution in [3.8, 4) is 0 Å². The molecule has 2 heterocycles. The lowest BCUT2D eigenvalue weighted by Crippen LogP contribution is -2.28. The second-order valence-corrected chi connectivity index (χ2v) is 6.09. The summed E-state index contributed by atoms with van der Waals surface area (Å²) in [6.45, 7) is 1.86. The minimum absolute atomic E-state index is 0.346. The molecule has 1 atom stereocenters. The van der Waals surface area contributed by atoms with Crippen LogP contribution in [-0.2, 0) is 11.3 Å². The van der Waals surface area contributed by atoms with Crippen LogP contribution in [0.15, 0.2) is 28.3 Å². The highest BCUT2D eigenvalue weighted by Gasteiger charge is 2.09. The fraction of sp³-hybridized carbons (Fsp3) is 0.455. The van der Waals surface area contributed by atoms with E-state index in [0.717, 1.165) is 25.9 Å². The topological polar surface area (TPSA) is 21.3 Å². The van der Waals surface area contributed by atoms with Crippen LogP contribution in [0, 0.1) is 0 Å². The second-order valence-electron chi connectivity index (χ2n) is 3.54. The van der Waals surface area contributed by atoms with Crippen molar-refractivity contribution < 1.29 is 4.74 Å². The van der Waals surface area contributed by atoms with E-state index in [1.807, 2.05) is 6.26 Å². The highest BCUT2D eigenvalue weighted by Crippen LogP contribution is 2.21. The van der Waals surface area contributed by atoms with Crippen LogP contribution in [0.25, 0.3) is 0 Å². The van der Waals surface area contributed by atoms with Gasteiger partial charge in [-0.1, -0.05) is 0 Å². The van der Waals surface area contributed by atoms with E-state index in [1.54, 1.807) is 11.3 Å². The Hall–Kier alpha value is -0.320. The summed E-state index contributed by atoms with van der Waals surface area (Å²) in [5.41, 5.74) is 0. The van der Waals surface area contributed by atoms with Crippen LogP contribution >= 0.6 is 27.3 Å². The first-order valence-corrected chi connectivity index (χ1v) is 6.71. The van der Waals surface area contributed by atoms with Gasteiger partial charge in [0.05, 0.1) is 10.0 Å². The summed E-state index contributed by atoms with van der Waals surface area (Å²) in [5.74, 6) is 0. The molecule has 1 N–H and O–H groups in total. The van der Waals surface area contributed by atoms with Gasteiger partial charge in [-0.15, -0.1) is 11.3 Å². The third kappa shape index (κ3) is 3.63. The van der Waals surface area contributed by atoms with Crippen LogP contribution in [-0.4, -0.2) is 12.6 Å². The number of thiophene rings is 1. The summed E-state index contributed by atoms with van der Waals surface area (Å²) >= 11 is 5.23. The quantitative estimate of drug-likeness (QED) is 0.918. The van der Waals surface area contributed by atoms with Crippen molar-refractivity contribution in [1.29, 1.82) is 0 Å². The number of allylic oxidation sites excluding steroid dienone is 1. The Labute approximate surface area is 102 Å². The molecule has 0 aliphatic carbocycles. The molecule has 15 heavy (non-hydrogen) atoms. The monoisotopic (exact) mass is 287 g/mol. The third-order valence-electron chi connectivity index (χ3n) is 2.32. The van der Waals surface area contributed by atoms with Crippen molar-refractivity contribution >= 4 is 27.3 Å². The van der Waals surface area contributed by atoms with Crippen LogP contribution in [0.5, 0.6) is 0 Å². The third-order valence-corrected chi connectivity index (χ3v) is 3.95. The first kappa shape index (κ1) is 11.2. The van der Waals surface area contributed by atoms with Crippen LogP contribution in [0.3, 0.4) is 0 Å². The van der Waals surface area contributed by atoms with Crippen LogP contribution in [0.2, 0.25) is 0 Å². The van der Waals surface area contributed by atoms with Crippen molar-refractivity contribution in [2.45, 2.75) is 25.5 Å². The maximum absolute atomic E-state index is 5.47. The van der Waals surface area contributed by atoms with Gasteiger partial charge in [0.1, 0.15) is 6.10 Å². The van der Waals surface area contributed by atoms with Gasteiger partial charge >= 0.3 is 0 Å². The Balaban J connectivity index is 1.68. The van der Waals surface area contributed by atoms with Crippen LogP contribution in [0.1, 0.15) is 17.7 Å². The molecule has 0 saturated heterocycles. The van der Waals surface area contributed by atoms with Gasteiger partial charge in [-0.3, -0.25) is 0 Å². The lowest BCUT2D eigenvalue weighted by molar-refractivity contribution is 0.122. The second kappa shape index (κ2) is 5.68. The van der Waals surface area contributed by atoms with E-state index in [1.165, 1.54) is 8.66 Å². The predicted octanol–water partition coefficient (Wildman–Crippen LogP) is 3.29. The SMILES string of the molecule is Brc1ccc(CNCC2CCC=CO2)s1. The number of ether oxygens (including phenoxy) is 1. The normalized spacial score (nSPS) is 20.2. The fourth-order valence-electron chi connectivity index (χ4n) is 1.54. The summed E-state index contributed by atoms with van der Waals surface area (Å²) in [5, 5.41) is 3.42. The molecule has 0 bridgehead atoms. The highest BCUT2D eigenvalue weighted by atomic mass is 79.9. The number of halogens is 1. The van der Waals surface area contributed by atoms with E-state index in [0.29, 0.717) is 6.10 Å². The molecule has 2 rings (SSSR count). The average molecular weight is 288 g/mol. The molecular formula is C11H14BrNOS. The molecule has 0 fully saturated rings. The molecule has 2 nitrogen and oxygen atoms in total. The lowest BCUT2D eigenvalue weighted by Gasteiger charge is -2.19. The van der Waals surface area contributed by atoms with E-state index in [2.05, 4.69) is 39.5 Å². The Morgan fingerprint density at radius 3 is 3.13 bits per heavy atom. The molecule has 1 aromatic rings. The van der Waals surface area contributed by atoms with Crippen LogP contribution < -0.4 is 5.32 Å². The first-order valence-electron chi connectivity index (χ1n) is 5.10. The molecule has 1 aromatic heterocycles. The molecule has 82 valence electrons. The highest BCUT2D eigenvalue weighted by molar-refractivity contribution is 9.11. The number of nitrogens with one attached hydrogen (secondary N) is 1. The molecule has 1 unspecified atom stereocenters. The molecule has 0 amide bonds. The summed E-state index contributed by atoms with van der Waals surface area (Å²) in [7, 11) is 0. The van der Waals surface area contributed by atoms with Crippen molar-refractivity contribution in [2.75, 3.05) is 6.54 Å². The maximum Gasteiger partial charge on any atom is 0.110 e. The molecule has 0 saturated carbocycles. The minimum Gasteiger partial charge on any atom is -0.497 e. The van der Waals surface area contributed by atoms with Crippen molar-refractivity contribution in [1.82, 2.24) is 5.32 Å². The van der Waals surface area contributed by atoms with E-state index in [9.17, 15) is 0 Å². The van der Waals surface area contributed by atoms with E-state index < -0.39 is 0 Å². The molecule has 1 aliphatic heterocycles. The van der Waals surface area contributed by atoms with E-state index >= 15 is 0 Å². The molecule has 0 spiro atoms. The van der Waals surface area contributed by atoms with Gasteiger partial charge in [-0.2, -0.15) is 0 Å². The van der Waals surface area contributed by atoms with Crippen LogP contribution in [0.4, 0.5) is 0 Å².